The summed E-state index contributed by atoms with van der Waals surface area (Å²) in [5.41, 5.74) is 11.2. The summed E-state index contributed by atoms with van der Waals surface area (Å²) in [6.07, 6.45) is 2.54. The van der Waals surface area contributed by atoms with Crippen molar-refractivity contribution in [2.45, 2.75) is 52.1 Å². The van der Waals surface area contributed by atoms with Crippen molar-refractivity contribution in [1.29, 1.82) is 0 Å². The summed E-state index contributed by atoms with van der Waals surface area (Å²) in [5, 5.41) is 0. The van der Waals surface area contributed by atoms with Crippen molar-refractivity contribution < 1.29 is 9.59 Å². The van der Waals surface area contributed by atoms with Crippen molar-refractivity contribution in [3.05, 3.63) is 0 Å². The number of nitrogens with two attached hydrogens (primary N) is 2. The van der Waals surface area contributed by atoms with Crippen LogP contribution < -0.4 is 11.5 Å². The maximum Gasteiger partial charge on any atom is 0.237 e. The highest BCUT2D eigenvalue weighted by molar-refractivity contribution is 5.85. The molecule has 18 heavy (non-hydrogen) atoms. The van der Waals surface area contributed by atoms with Crippen molar-refractivity contribution in [3.8, 4) is 0 Å². The number of carbonyl (C=O) groups is 2. The Balaban J connectivity index is 2.72. The first-order valence-corrected chi connectivity index (χ1v) is 6.65. The number of carbonyl (C=O) groups excluding carboxylic acids is 2. The van der Waals surface area contributed by atoms with Crippen LogP contribution in [0.2, 0.25) is 0 Å². The number of hydrogen-bond donors (Lipinski definition) is 2. The van der Waals surface area contributed by atoms with Crippen LogP contribution in [0.25, 0.3) is 0 Å². The second-order valence-corrected chi connectivity index (χ2v) is 5.80. The topological polar surface area (TPSA) is 89.4 Å². The van der Waals surface area contributed by atoms with Gasteiger partial charge < -0.3 is 16.4 Å². The fourth-order valence-corrected chi connectivity index (χ4v) is 2.78. The molecule has 1 fully saturated rings. The van der Waals surface area contributed by atoms with Crippen LogP contribution >= 0.6 is 0 Å². The van der Waals surface area contributed by atoms with Gasteiger partial charge in [-0.05, 0) is 39.0 Å². The van der Waals surface area contributed by atoms with Crippen LogP contribution in [0.5, 0.6) is 0 Å². The molecule has 3 atom stereocenters. The normalized spacial score (nSPS) is 28.2. The Bertz CT molecular complexity index is 307. The van der Waals surface area contributed by atoms with E-state index >= 15 is 0 Å². The molecule has 5 heteroatoms. The lowest BCUT2D eigenvalue weighted by Gasteiger charge is -2.35. The van der Waals surface area contributed by atoms with Crippen LogP contribution in [-0.2, 0) is 9.59 Å². The van der Waals surface area contributed by atoms with Gasteiger partial charge in [-0.2, -0.15) is 0 Å². The zero-order valence-corrected chi connectivity index (χ0v) is 11.6. The molecule has 104 valence electrons. The van der Waals surface area contributed by atoms with Crippen molar-refractivity contribution in [1.82, 2.24) is 4.90 Å². The summed E-state index contributed by atoms with van der Waals surface area (Å²) in [4.78, 5) is 25.0. The van der Waals surface area contributed by atoms with E-state index in [1.807, 2.05) is 13.8 Å². The minimum Gasteiger partial charge on any atom is -0.368 e. The Labute approximate surface area is 109 Å². The van der Waals surface area contributed by atoms with Crippen molar-refractivity contribution in [3.63, 3.8) is 0 Å². The molecular weight excluding hydrogens is 230 g/mol. The van der Waals surface area contributed by atoms with E-state index in [1.165, 1.54) is 0 Å². The molecule has 0 aliphatic heterocycles. The fraction of sp³-hybridized carbons (Fsp3) is 0.846. The van der Waals surface area contributed by atoms with Gasteiger partial charge >= 0.3 is 0 Å². The molecule has 0 spiro atoms. The van der Waals surface area contributed by atoms with Gasteiger partial charge in [0, 0.05) is 18.0 Å². The smallest absolute Gasteiger partial charge is 0.237 e. The van der Waals surface area contributed by atoms with Gasteiger partial charge in [-0.25, -0.2) is 0 Å². The first kappa shape index (κ1) is 15.0. The van der Waals surface area contributed by atoms with Gasteiger partial charge in [-0.3, -0.25) is 9.59 Å². The molecule has 0 aromatic heterocycles. The van der Waals surface area contributed by atoms with Gasteiger partial charge in [0.2, 0.25) is 11.8 Å². The number of nitrogens with zero attached hydrogens (tertiary/aromatic N) is 1. The van der Waals surface area contributed by atoms with Gasteiger partial charge in [-0.1, -0.05) is 6.92 Å². The Morgan fingerprint density at radius 1 is 1.28 bits per heavy atom. The Morgan fingerprint density at radius 3 is 2.33 bits per heavy atom. The first-order chi connectivity index (χ1) is 8.31. The zero-order chi connectivity index (χ0) is 13.9. The molecule has 0 saturated heterocycles. The van der Waals surface area contributed by atoms with Gasteiger partial charge in [0.15, 0.2) is 0 Å². The van der Waals surface area contributed by atoms with Gasteiger partial charge in [0.05, 0.1) is 6.54 Å². The number of hydrogen-bond acceptors (Lipinski definition) is 3. The van der Waals surface area contributed by atoms with Crippen molar-refractivity contribution in [2.75, 3.05) is 6.54 Å². The Hall–Kier alpha value is -1.10. The van der Waals surface area contributed by atoms with Crippen LogP contribution in [0.3, 0.4) is 0 Å². The van der Waals surface area contributed by atoms with E-state index in [9.17, 15) is 9.59 Å². The predicted molar refractivity (Wildman–Crippen MR) is 70.5 cm³/mol. The molecule has 5 nitrogen and oxygen atoms in total. The molecule has 0 bridgehead atoms. The van der Waals surface area contributed by atoms with Gasteiger partial charge in [0.25, 0.3) is 0 Å². The van der Waals surface area contributed by atoms with E-state index in [0.717, 1.165) is 12.8 Å². The molecule has 1 rings (SSSR count). The Kier molecular flexibility index (Phi) is 5.14. The van der Waals surface area contributed by atoms with E-state index in [4.69, 9.17) is 11.5 Å². The zero-order valence-electron chi connectivity index (χ0n) is 11.6. The highest BCUT2D eigenvalue weighted by Gasteiger charge is 2.33. The third-order valence-electron chi connectivity index (χ3n) is 3.56. The SMILES string of the molecule is CC1CC(N)CC(C(=O)N(CC(N)=O)C(C)C)C1. The van der Waals surface area contributed by atoms with Crippen molar-refractivity contribution >= 4 is 11.8 Å². The molecule has 2 amide bonds. The second-order valence-electron chi connectivity index (χ2n) is 5.80. The predicted octanol–water partition coefficient (Wildman–Crippen LogP) is 0.472. The third-order valence-corrected chi connectivity index (χ3v) is 3.56. The molecule has 1 aliphatic carbocycles. The molecule has 0 radical (unpaired) electrons. The summed E-state index contributed by atoms with van der Waals surface area (Å²) >= 11 is 0. The van der Waals surface area contributed by atoms with E-state index in [0.29, 0.717) is 12.3 Å². The highest BCUT2D eigenvalue weighted by atomic mass is 16.2. The van der Waals surface area contributed by atoms with E-state index in [1.54, 1.807) is 4.90 Å². The minimum atomic E-state index is -0.467. The van der Waals surface area contributed by atoms with Crippen LogP contribution in [0, 0.1) is 11.8 Å². The summed E-state index contributed by atoms with van der Waals surface area (Å²) in [5.74, 6) is -0.0493. The lowest BCUT2D eigenvalue weighted by molar-refractivity contribution is -0.142. The molecule has 1 aliphatic rings. The van der Waals surface area contributed by atoms with E-state index in [2.05, 4.69) is 6.92 Å². The monoisotopic (exact) mass is 255 g/mol. The number of amides is 2. The maximum absolute atomic E-state index is 12.4. The summed E-state index contributed by atoms with van der Waals surface area (Å²) in [6.45, 7) is 5.91. The van der Waals surface area contributed by atoms with E-state index < -0.39 is 5.91 Å². The minimum absolute atomic E-state index is 0.00335. The molecule has 0 aromatic carbocycles. The molecule has 0 heterocycles. The van der Waals surface area contributed by atoms with Crippen LogP contribution in [-0.4, -0.2) is 35.3 Å². The van der Waals surface area contributed by atoms with Crippen LogP contribution in [0.15, 0.2) is 0 Å². The maximum atomic E-state index is 12.4. The molecular formula is C13H25N3O2. The lowest BCUT2D eigenvalue weighted by atomic mass is 9.79. The molecule has 0 aromatic rings. The molecule has 3 unspecified atom stereocenters. The Morgan fingerprint density at radius 2 is 1.89 bits per heavy atom. The third kappa shape index (κ3) is 3.98. The fourth-order valence-electron chi connectivity index (χ4n) is 2.78. The van der Waals surface area contributed by atoms with Gasteiger partial charge in [-0.15, -0.1) is 0 Å². The summed E-state index contributed by atoms with van der Waals surface area (Å²) in [6, 6.07) is 0.0729. The number of primary amides is 1. The average molecular weight is 255 g/mol. The molecule has 1 saturated carbocycles. The highest BCUT2D eigenvalue weighted by Crippen LogP contribution is 2.29. The lowest BCUT2D eigenvalue weighted by Crippen LogP contribution is -2.48. The average Bonchev–Trinajstić information content (AvgIpc) is 2.23. The van der Waals surface area contributed by atoms with E-state index in [-0.39, 0.29) is 30.5 Å². The standard InChI is InChI=1S/C13H25N3O2/c1-8(2)16(7-12(15)17)13(18)10-4-9(3)5-11(14)6-10/h8-11H,4-7,14H2,1-3H3,(H2,15,17). The van der Waals surface area contributed by atoms with Crippen molar-refractivity contribution in [2.24, 2.45) is 23.3 Å². The van der Waals surface area contributed by atoms with Crippen LogP contribution in [0.1, 0.15) is 40.0 Å². The first-order valence-electron chi connectivity index (χ1n) is 6.65. The molecule has 4 N–H and O–H groups in total. The van der Waals surface area contributed by atoms with Crippen LogP contribution in [0.4, 0.5) is 0 Å². The van der Waals surface area contributed by atoms with Gasteiger partial charge in [0.1, 0.15) is 0 Å². The quantitative estimate of drug-likeness (QED) is 0.765. The summed E-state index contributed by atoms with van der Waals surface area (Å²) < 4.78 is 0. The largest absolute Gasteiger partial charge is 0.368 e. The number of rotatable bonds is 4. The summed E-state index contributed by atoms with van der Waals surface area (Å²) in [7, 11) is 0. The second kappa shape index (κ2) is 6.18.